The fourth-order valence-corrected chi connectivity index (χ4v) is 2.46. The minimum absolute atomic E-state index is 0. The van der Waals surface area contributed by atoms with Gasteiger partial charge in [0.15, 0.2) is 0 Å². The number of benzene rings is 2. The average molecular weight is 258 g/mol. The molecule has 0 aromatic heterocycles. The van der Waals surface area contributed by atoms with E-state index in [0.29, 0.717) is 11.8 Å². The van der Waals surface area contributed by atoms with Gasteiger partial charge in [-0.2, -0.15) is 0 Å². The zero-order valence-corrected chi connectivity index (χ0v) is 16.6. The van der Waals surface area contributed by atoms with Crippen LogP contribution < -0.4 is 0 Å². The smallest absolute Gasteiger partial charge is 0 e. The molecule has 0 saturated heterocycles. The van der Waals surface area contributed by atoms with E-state index in [4.69, 9.17) is 0 Å². The van der Waals surface area contributed by atoms with E-state index in [1.165, 1.54) is 21.9 Å². The van der Waals surface area contributed by atoms with Gasteiger partial charge in [0.25, 0.3) is 0 Å². The van der Waals surface area contributed by atoms with Gasteiger partial charge in [-0.25, -0.2) is 0 Å². The van der Waals surface area contributed by atoms with Crippen LogP contribution in [0.5, 0.6) is 0 Å². The van der Waals surface area contributed by atoms with E-state index in [0.717, 1.165) is 0 Å². The summed E-state index contributed by atoms with van der Waals surface area (Å²) in [6.45, 7) is 9.12. The maximum atomic E-state index is 2.29. The molecule has 0 bridgehead atoms. The molecule has 0 saturated carbocycles. The van der Waals surface area contributed by atoms with Gasteiger partial charge < -0.3 is 0 Å². The van der Waals surface area contributed by atoms with Gasteiger partial charge in [0.1, 0.15) is 0 Å². The minimum Gasteiger partial charge on any atom is -0.0616 e. The van der Waals surface area contributed by atoms with Crippen LogP contribution in [-0.4, -0.2) is 59.1 Å². The summed E-state index contributed by atoms with van der Waals surface area (Å²) in [4.78, 5) is 0. The first kappa shape index (κ1) is 18.7. The summed E-state index contributed by atoms with van der Waals surface area (Å²) in [5, 5.41) is 2.78. The van der Waals surface area contributed by atoms with Gasteiger partial charge in [-0.3, -0.25) is 0 Å². The fourth-order valence-electron chi connectivity index (χ4n) is 2.46. The largest absolute Gasteiger partial charge is 0.0616 e. The molecular formula is C16H20Na2. The molecule has 0 amide bonds. The van der Waals surface area contributed by atoms with Crippen LogP contribution in [-0.2, 0) is 0 Å². The van der Waals surface area contributed by atoms with Crippen molar-refractivity contribution in [3.8, 4) is 0 Å². The van der Waals surface area contributed by atoms with Crippen molar-refractivity contribution in [3.63, 3.8) is 0 Å². The van der Waals surface area contributed by atoms with E-state index in [2.05, 4.69) is 64.1 Å². The molecule has 2 heteroatoms. The number of rotatable bonds is 2. The normalized spacial score (nSPS) is 10.3. The molecule has 0 nitrogen and oxygen atoms in total. The van der Waals surface area contributed by atoms with E-state index >= 15 is 0 Å². The van der Waals surface area contributed by atoms with Gasteiger partial charge in [0.2, 0.25) is 0 Å². The maximum absolute atomic E-state index is 2.29. The van der Waals surface area contributed by atoms with Gasteiger partial charge in [-0.05, 0) is 33.7 Å². The molecule has 0 aliphatic rings. The second kappa shape index (κ2) is 8.09. The van der Waals surface area contributed by atoms with Crippen LogP contribution >= 0.6 is 0 Å². The first-order chi connectivity index (χ1) is 7.61. The molecule has 0 unspecified atom stereocenters. The molecule has 0 aliphatic carbocycles. The Morgan fingerprint density at radius 1 is 0.722 bits per heavy atom. The standard InChI is InChI=1S/C16H20.2Na/c1-11(2)14-10-9-13-7-5-6-8-15(13)16(14)12(3)4;;/h5-12H,1-4H3;;. The molecule has 2 radical (unpaired) electrons. The molecule has 18 heavy (non-hydrogen) atoms. The van der Waals surface area contributed by atoms with Crippen molar-refractivity contribution in [2.75, 3.05) is 0 Å². The van der Waals surface area contributed by atoms with E-state index < -0.39 is 0 Å². The Bertz CT molecular complexity index is 501. The Hall–Kier alpha value is 0.700. The third kappa shape index (κ3) is 3.85. The molecule has 2 rings (SSSR count). The van der Waals surface area contributed by atoms with E-state index in [9.17, 15) is 0 Å². The molecule has 0 fully saturated rings. The predicted molar refractivity (Wildman–Crippen MR) is 83.6 cm³/mol. The Morgan fingerprint density at radius 3 is 1.89 bits per heavy atom. The Balaban J connectivity index is 0.00000144. The van der Waals surface area contributed by atoms with Crippen molar-refractivity contribution in [2.24, 2.45) is 0 Å². The van der Waals surface area contributed by atoms with Gasteiger partial charge in [-0.15, -0.1) is 0 Å². The fraction of sp³-hybridized carbons (Fsp3) is 0.375. The average Bonchev–Trinajstić information content (AvgIpc) is 2.27. The predicted octanol–water partition coefficient (Wildman–Crippen LogP) is 4.33. The molecule has 0 aliphatic heterocycles. The third-order valence-electron chi connectivity index (χ3n) is 3.20. The number of hydrogen-bond donors (Lipinski definition) is 0. The summed E-state index contributed by atoms with van der Waals surface area (Å²) in [7, 11) is 0. The van der Waals surface area contributed by atoms with Crippen molar-refractivity contribution >= 4 is 69.9 Å². The van der Waals surface area contributed by atoms with Crippen molar-refractivity contribution < 1.29 is 0 Å². The minimum atomic E-state index is 0. The summed E-state index contributed by atoms with van der Waals surface area (Å²) in [5.41, 5.74) is 3.02. The summed E-state index contributed by atoms with van der Waals surface area (Å²) in [6, 6.07) is 13.2. The molecule has 86 valence electrons. The summed E-state index contributed by atoms with van der Waals surface area (Å²) in [6.07, 6.45) is 0. The molecule has 2 aromatic carbocycles. The van der Waals surface area contributed by atoms with Gasteiger partial charge in [0.05, 0.1) is 0 Å². The van der Waals surface area contributed by atoms with Crippen molar-refractivity contribution in [3.05, 3.63) is 47.5 Å². The van der Waals surface area contributed by atoms with Crippen LogP contribution in [0.25, 0.3) is 10.8 Å². The van der Waals surface area contributed by atoms with Gasteiger partial charge in [-0.1, -0.05) is 64.1 Å². The summed E-state index contributed by atoms with van der Waals surface area (Å²) < 4.78 is 0. The summed E-state index contributed by atoms with van der Waals surface area (Å²) in [5.74, 6) is 1.19. The van der Waals surface area contributed by atoms with Crippen LogP contribution in [0.2, 0.25) is 0 Å². The van der Waals surface area contributed by atoms with Crippen LogP contribution in [0.15, 0.2) is 36.4 Å². The van der Waals surface area contributed by atoms with Crippen LogP contribution in [0.4, 0.5) is 0 Å². The topological polar surface area (TPSA) is 0 Å². The van der Waals surface area contributed by atoms with Crippen molar-refractivity contribution in [2.45, 2.75) is 39.5 Å². The van der Waals surface area contributed by atoms with Gasteiger partial charge >= 0.3 is 0 Å². The first-order valence-corrected chi connectivity index (χ1v) is 6.12. The Labute approximate surface area is 155 Å². The Kier molecular flexibility index (Phi) is 8.41. The first-order valence-electron chi connectivity index (χ1n) is 6.12. The maximum Gasteiger partial charge on any atom is 0 e. The van der Waals surface area contributed by atoms with Crippen LogP contribution in [0.3, 0.4) is 0 Å². The second-order valence-corrected chi connectivity index (χ2v) is 5.10. The van der Waals surface area contributed by atoms with Crippen molar-refractivity contribution in [1.82, 2.24) is 0 Å². The molecular weight excluding hydrogens is 238 g/mol. The zero-order valence-electron chi connectivity index (χ0n) is 12.6. The van der Waals surface area contributed by atoms with E-state index in [1.54, 1.807) is 0 Å². The molecule has 0 atom stereocenters. The van der Waals surface area contributed by atoms with Crippen LogP contribution in [0.1, 0.15) is 50.7 Å². The number of fused-ring (bicyclic) bond motifs is 1. The summed E-state index contributed by atoms with van der Waals surface area (Å²) >= 11 is 0. The zero-order chi connectivity index (χ0) is 11.7. The quantitative estimate of drug-likeness (QED) is 0.703. The molecule has 0 heterocycles. The number of hydrogen-bond acceptors (Lipinski definition) is 0. The third-order valence-corrected chi connectivity index (χ3v) is 3.20. The molecule has 2 aromatic rings. The van der Waals surface area contributed by atoms with Crippen molar-refractivity contribution in [1.29, 1.82) is 0 Å². The van der Waals surface area contributed by atoms with E-state index in [-0.39, 0.29) is 59.1 Å². The Morgan fingerprint density at radius 2 is 1.33 bits per heavy atom. The second-order valence-electron chi connectivity index (χ2n) is 5.10. The molecule has 0 spiro atoms. The molecule has 0 N–H and O–H groups in total. The van der Waals surface area contributed by atoms with E-state index in [1.807, 2.05) is 0 Å². The SMILES string of the molecule is CC(C)c1ccc2ccccc2c1C(C)C.[Na].[Na]. The van der Waals surface area contributed by atoms with Gasteiger partial charge in [0, 0.05) is 59.1 Å². The monoisotopic (exact) mass is 258 g/mol. The van der Waals surface area contributed by atoms with Crippen LogP contribution in [0, 0.1) is 0 Å².